The predicted octanol–water partition coefficient (Wildman–Crippen LogP) is 1.57. The molecule has 1 aromatic heterocycles. The molecule has 0 saturated carbocycles. The molecule has 0 aliphatic carbocycles. The van der Waals surface area contributed by atoms with Gasteiger partial charge < -0.3 is 0 Å². The van der Waals surface area contributed by atoms with Crippen LogP contribution < -0.4 is 0 Å². The zero-order valence-electron chi connectivity index (χ0n) is 5.48. The minimum absolute atomic E-state index is 0.322. The van der Waals surface area contributed by atoms with Crippen LogP contribution in [0.2, 0.25) is 0 Å². The summed E-state index contributed by atoms with van der Waals surface area (Å²) in [5.74, 6) is 0. The van der Waals surface area contributed by atoms with Crippen molar-refractivity contribution >= 4 is 16.9 Å². The van der Waals surface area contributed by atoms with Gasteiger partial charge in [0.15, 0.2) is 0 Å². The summed E-state index contributed by atoms with van der Waals surface area (Å²) in [5.41, 5.74) is 0.322. The Labute approximate surface area is 67.8 Å². The van der Waals surface area contributed by atoms with Crippen LogP contribution in [0.15, 0.2) is 17.7 Å². The average molecular weight is 161 g/mol. The van der Waals surface area contributed by atoms with Crippen LogP contribution in [0.25, 0.3) is 5.57 Å². The van der Waals surface area contributed by atoms with E-state index in [1.54, 1.807) is 17.6 Å². The molecule has 1 heterocycles. The molecule has 11 heavy (non-hydrogen) atoms. The van der Waals surface area contributed by atoms with Gasteiger partial charge in [0.05, 0.1) is 11.6 Å². The number of hydrogen-bond donors (Lipinski definition) is 0. The van der Waals surface area contributed by atoms with Crippen LogP contribution in [0.1, 0.15) is 5.01 Å². The molecule has 0 fully saturated rings. The Kier molecular flexibility index (Phi) is 2.37. The smallest absolute Gasteiger partial charge is 0.134 e. The van der Waals surface area contributed by atoms with Crippen molar-refractivity contribution in [3.63, 3.8) is 0 Å². The Morgan fingerprint density at radius 3 is 2.91 bits per heavy atom. The number of hydrogen-bond acceptors (Lipinski definition) is 4. The van der Waals surface area contributed by atoms with E-state index in [-0.39, 0.29) is 0 Å². The maximum absolute atomic E-state index is 8.53. The van der Waals surface area contributed by atoms with Gasteiger partial charge in [-0.15, -0.1) is 11.3 Å². The summed E-state index contributed by atoms with van der Waals surface area (Å²) in [5, 5.41) is 19.1. The van der Waals surface area contributed by atoms with Gasteiger partial charge in [-0.1, -0.05) is 0 Å². The van der Waals surface area contributed by atoms with Gasteiger partial charge in [-0.2, -0.15) is 10.5 Å². The molecule has 1 aromatic rings. The van der Waals surface area contributed by atoms with Crippen molar-refractivity contribution in [2.24, 2.45) is 0 Å². The molecule has 0 aliphatic rings. The quantitative estimate of drug-likeness (QED) is 0.587. The van der Waals surface area contributed by atoms with E-state index in [4.69, 9.17) is 10.5 Å². The van der Waals surface area contributed by atoms with Gasteiger partial charge in [0.1, 0.15) is 11.1 Å². The lowest BCUT2D eigenvalue weighted by Gasteiger charge is -1.84. The topological polar surface area (TPSA) is 60.5 Å². The standard InChI is InChI=1S/C7H3N3S/c8-2-1-6(5-9)7-10-3-4-11-7/h1,3-4H. The largest absolute Gasteiger partial charge is 0.244 e. The molecule has 3 nitrogen and oxygen atoms in total. The summed E-state index contributed by atoms with van der Waals surface area (Å²) < 4.78 is 0. The van der Waals surface area contributed by atoms with E-state index in [0.29, 0.717) is 10.6 Å². The minimum atomic E-state index is 0.322. The first-order chi connectivity index (χ1) is 5.38. The lowest BCUT2D eigenvalue weighted by atomic mass is 10.3. The second-order valence-electron chi connectivity index (χ2n) is 1.64. The molecule has 4 heteroatoms. The van der Waals surface area contributed by atoms with E-state index >= 15 is 0 Å². The van der Waals surface area contributed by atoms with E-state index in [0.717, 1.165) is 0 Å². The molecular formula is C7H3N3S. The average Bonchev–Trinajstić information content (AvgIpc) is 2.52. The first-order valence-electron chi connectivity index (χ1n) is 2.78. The first-order valence-corrected chi connectivity index (χ1v) is 3.66. The third-order valence-electron chi connectivity index (χ3n) is 0.992. The third-order valence-corrected chi connectivity index (χ3v) is 1.80. The molecule has 0 unspecified atom stereocenters. The highest BCUT2D eigenvalue weighted by Crippen LogP contribution is 2.14. The molecular weight excluding hydrogens is 158 g/mol. The summed E-state index contributed by atoms with van der Waals surface area (Å²) >= 11 is 1.34. The van der Waals surface area contributed by atoms with Gasteiger partial charge in [0, 0.05) is 17.7 Å². The molecule has 0 spiro atoms. The van der Waals surface area contributed by atoms with Crippen LogP contribution in [0.4, 0.5) is 0 Å². The fourth-order valence-electron chi connectivity index (χ4n) is 0.563. The van der Waals surface area contributed by atoms with Crippen molar-refractivity contribution in [1.82, 2.24) is 4.98 Å². The molecule has 0 N–H and O–H groups in total. The van der Waals surface area contributed by atoms with Gasteiger partial charge in [-0.25, -0.2) is 4.98 Å². The van der Waals surface area contributed by atoms with Crippen molar-refractivity contribution in [3.8, 4) is 12.1 Å². The normalized spacial score (nSPS) is 10.2. The number of nitrogens with zero attached hydrogens (tertiary/aromatic N) is 3. The fourth-order valence-corrected chi connectivity index (χ4v) is 1.17. The van der Waals surface area contributed by atoms with Gasteiger partial charge in [0.25, 0.3) is 0 Å². The van der Waals surface area contributed by atoms with Crippen LogP contribution in [0, 0.1) is 22.7 Å². The van der Waals surface area contributed by atoms with Crippen LogP contribution in [0.5, 0.6) is 0 Å². The Bertz CT molecular complexity index is 337. The molecule has 52 valence electrons. The van der Waals surface area contributed by atoms with Crippen molar-refractivity contribution < 1.29 is 0 Å². The van der Waals surface area contributed by atoms with E-state index < -0.39 is 0 Å². The number of allylic oxidation sites excluding steroid dienone is 2. The lowest BCUT2D eigenvalue weighted by Crippen LogP contribution is -1.76. The summed E-state index contributed by atoms with van der Waals surface area (Å²) in [7, 11) is 0. The summed E-state index contributed by atoms with van der Waals surface area (Å²) in [6, 6.07) is 3.68. The van der Waals surface area contributed by atoms with Gasteiger partial charge in [-0.05, 0) is 0 Å². The summed E-state index contributed by atoms with van der Waals surface area (Å²) in [6.07, 6.45) is 2.79. The third kappa shape index (κ3) is 1.64. The van der Waals surface area contributed by atoms with Gasteiger partial charge >= 0.3 is 0 Å². The van der Waals surface area contributed by atoms with Crippen LogP contribution in [-0.2, 0) is 0 Å². The number of nitriles is 2. The van der Waals surface area contributed by atoms with Crippen LogP contribution in [-0.4, -0.2) is 4.98 Å². The maximum Gasteiger partial charge on any atom is 0.134 e. The lowest BCUT2D eigenvalue weighted by molar-refractivity contribution is 1.37. The summed E-state index contributed by atoms with van der Waals surface area (Å²) in [6.45, 7) is 0. The number of rotatable bonds is 1. The predicted molar refractivity (Wildman–Crippen MR) is 41.3 cm³/mol. The number of aromatic nitrogens is 1. The zero-order chi connectivity index (χ0) is 8.10. The van der Waals surface area contributed by atoms with Crippen LogP contribution >= 0.6 is 11.3 Å². The van der Waals surface area contributed by atoms with E-state index in [1.165, 1.54) is 17.4 Å². The van der Waals surface area contributed by atoms with Crippen molar-refractivity contribution in [2.45, 2.75) is 0 Å². The molecule has 0 bridgehead atoms. The molecule has 0 radical (unpaired) electrons. The van der Waals surface area contributed by atoms with E-state index in [9.17, 15) is 0 Å². The Morgan fingerprint density at radius 1 is 1.64 bits per heavy atom. The Hall–Kier alpha value is -1.65. The molecule has 0 saturated heterocycles. The zero-order valence-corrected chi connectivity index (χ0v) is 6.30. The first kappa shape index (κ1) is 7.46. The van der Waals surface area contributed by atoms with Gasteiger partial charge in [-0.3, -0.25) is 0 Å². The molecule has 1 rings (SSSR count). The Balaban J connectivity index is 3.03. The minimum Gasteiger partial charge on any atom is -0.244 e. The summed E-state index contributed by atoms with van der Waals surface area (Å²) in [4.78, 5) is 3.88. The highest BCUT2D eigenvalue weighted by molar-refractivity contribution is 7.10. The second kappa shape index (κ2) is 3.50. The van der Waals surface area contributed by atoms with E-state index in [1.807, 2.05) is 6.07 Å². The fraction of sp³-hybridized carbons (Fsp3) is 0. The molecule has 0 amide bonds. The highest BCUT2D eigenvalue weighted by Gasteiger charge is 2.00. The SMILES string of the molecule is N#CC=C(C#N)c1nccs1. The molecule has 0 atom stereocenters. The monoisotopic (exact) mass is 161 g/mol. The second-order valence-corrected chi connectivity index (χ2v) is 2.53. The maximum atomic E-state index is 8.53. The number of thiazole rings is 1. The van der Waals surface area contributed by atoms with E-state index in [2.05, 4.69) is 4.98 Å². The molecule has 0 aliphatic heterocycles. The van der Waals surface area contributed by atoms with Crippen molar-refractivity contribution in [3.05, 3.63) is 22.7 Å². The van der Waals surface area contributed by atoms with Gasteiger partial charge in [0.2, 0.25) is 0 Å². The van der Waals surface area contributed by atoms with Crippen molar-refractivity contribution in [1.29, 1.82) is 10.5 Å². The molecule has 0 aromatic carbocycles. The van der Waals surface area contributed by atoms with Crippen molar-refractivity contribution in [2.75, 3.05) is 0 Å². The Morgan fingerprint density at radius 2 is 2.45 bits per heavy atom. The highest BCUT2D eigenvalue weighted by atomic mass is 32.1. The van der Waals surface area contributed by atoms with Crippen LogP contribution in [0.3, 0.4) is 0 Å².